The predicted octanol–water partition coefficient (Wildman–Crippen LogP) is 4.14. The number of pyridine rings is 1. The Hall–Kier alpha value is -3.50. The summed E-state index contributed by atoms with van der Waals surface area (Å²) in [6, 6.07) is 9.23. The van der Waals surface area contributed by atoms with Crippen LogP contribution in [-0.4, -0.2) is 39.7 Å². The molecule has 0 saturated heterocycles. The number of aryl methyl sites for hydroxylation is 1. The van der Waals surface area contributed by atoms with Crippen molar-refractivity contribution in [1.82, 2.24) is 19.9 Å². The fourth-order valence-electron chi connectivity index (χ4n) is 2.44. The lowest BCUT2D eigenvalue weighted by Gasteiger charge is -2.12. The van der Waals surface area contributed by atoms with Crippen LogP contribution in [0.4, 0.5) is 41.0 Å². The number of nitrogens with zero attached hydrogens (tertiary/aromatic N) is 4. The molecule has 0 aliphatic rings. The van der Waals surface area contributed by atoms with Gasteiger partial charge in [-0.3, -0.25) is 0 Å². The molecule has 0 atom stereocenters. The number of hydrogen-bond donors (Lipinski definition) is 3. The van der Waals surface area contributed by atoms with E-state index in [1.165, 1.54) is 12.1 Å². The van der Waals surface area contributed by atoms with Crippen LogP contribution in [0.1, 0.15) is 5.56 Å². The van der Waals surface area contributed by atoms with Crippen LogP contribution in [0.25, 0.3) is 11.5 Å². The first-order valence-electron chi connectivity index (χ1n) is 8.48. The molecule has 0 bridgehead atoms. The zero-order valence-electron chi connectivity index (χ0n) is 15.5. The lowest BCUT2D eigenvalue weighted by Crippen LogP contribution is -2.23. The molecule has 0 amide bonds. The molecule has 3 aromatic rings. The lowest BCUT2D eigenvalue weighted by atomic mass is 10.2. The van der Waals surface area contributed by atoms with Gasteiger partial charge in [0.25, 0.3) is 0 Å². The summed E-state index contributed by atoms with van der Waals surface area (Å²) in [7, 11) is 1.68. The first kappa shape index (κ1) is 20.2. The van der Waals surface area contributed by atoms with E-state index in [2.05, 4.69) is 35.9 Å². The summed E-state index contributed by atoms with van der Waals surface area (Å²) in [6.07, 6.45) is -4.45. The second-order valence-corrected chi connectivity index (χ2v) is 6.08. The monoisotopic (exact) mass is 407 g/mol. The highest BCUT2D eigenvalue weighted by Crippen LogP contribution is 2.22. The smallest absolute Gasteiger partial charge is 0.373 e. The van der Waals surface area contributed by atoms with Crippen molar-refractivity contribution in [3.05, 3.63) is 47.8 Å². The van der Waals surface area contributed by atoms with Gasteiger partial charge in [-0.2, -0.15) is 28.1 Å². The molecule has 2 aromatic heterocycles. The zero-order valence-corrected chi connectivity index (χ0v) is 15.5. The maximum Gasteiger partial charge on any atom is 0.405 e. The van der Waals surface area contributed by atoms with Crippen LogP contribution >= 0.6 is 0 Å². The number of anilines is 4. The minimum Gasteiger partial charge on any atom is -0.373 e. The molecule has 11 heteroatoms. The second kappa shape index (κ2) is 8.25. The molecule has 1 aromatic carbocycles. The number of hydrogen-bond acceptors (Lipinski definition) is 7. The molecule has 0 radical (unpaired) electrons. The van der Waals surface area contributed by atoms with Gasteiger partial charge in [0, 0.05) is 12.7 Å². The summed E-state index contributed by atoms with van der Waals surface area (Å²) in [5.41, 5.74) is 1.33. The van der Waals surface area contributed by atoms with E-state index in [-0.39, 0.29) is 17.7 Å². The van der Waals surface area contributed by atoms with Crippen molar-refractivity contribution in [2.45, 2.75) is 13.1 Å². The van der Waals surface area contributed by atoms with Gasteiger partial charge in [0.05, 0.1) is 0 Å². The Labute approximate surface area is 163 Å². The Balaban J connectivity index is 1.99. The average Bonchev–Trinajstić information content (AvgIpc) is 2.65. The molecule has 0 fully saturated rings. The molecule has 0 aliphatic carbocycles. The largest absolute Gasteiger partial charge is 0.405 e. The first-order valence-corrected chi connectivity index (χ1v) is 8.48. The van der Waals surface area contributed by atoms with Gasteiger partial charge in [-0.05, 0) is 42.8 Å². The molecular formula is C18H17F4N7. The van der Waals surface area contributed by atoms with Crippen molar-refractivity contribution < 1.29 is 17.6 Å². The fraction of sp³-hybridized carbons (Fsp3) is 0.222. The van der Waals surface area contributed by atoms with Gasteiger partial charge in [-0.1, -0.05) is 6.07 Å². The maximum atomic E-state index is 13.6. The number of halogens is 4. The van der Waals surface area contributed by atoms with E-state index in [0.29, 0.717) is 22.8 Å². The minimum absolute atomic E-state index is 0.0531. The summed E-state index contributed by atoms with van der Waals surface area (Å²) in [5, 5.41) is 7.78. The summed E-state index contributed by atoms with van der Waals surface area (Å²) in [6.45, 7) is 0.384. The summed E-state index contributed by atoms with van der Waals surface area (Å²) in [5.74, 6) is -0.234. The van der Waals surface area contributed by atoms with Gasteiger partial charge < -0.3 is 16.0 Å². The summed E-state index contributed by atoms with van der Waals surface area (Å²) < 4.78 is 51.4. The summed E-state index contributed by atoms with van der Waals surface area (Å²) in [4.78, 5) is 16.5. The van der Waals surface area contributed by atoms with E-state index in [4.69, 9.17) is 0 Å². The van der Waals surface area contributed by atoms with E-state index in [9.17, 15) is 17.6 Å². The molecule has 0 unspecified atom stereocenters. The van der Waals surface area contributed by atoms with E-state index in [1.807, 2.05) is 0 Å². The van der Waals surface area contributed by atoms with Crippen molar-refractivity contribution >= 4 is 23.4 Å². The average molecular weight is 407 g/mol. The Bertz CT molecular complexity index is 987. The van der Waals surface area contributed by atoms with Gasteiger partial charge >= 0.3 is 6.18 Å². The molecule has 0 aliphatic heterocycles. The molecule has 0 saturated carbocycles. The molecular weight excluding hydrogens is 390 g/mol. The summed E-state index contributed by atoms with van der Waals surface area (Å²) >= 11 is 0. The van der Waals surface area contributed by atoms with Crippen LogP contribution in [-0.2, 0) is 0 Å². The van der Waals surface area contributed by atoms with Gasteiger partial charge in [-0.15, -0.1) is 0 Å². The van der Waals surface area contributed by atoms with Crippen molar-refractivity contribution in [3.63, 3.8) is 0 Å². The minimum atomic E-state index is -4.45. The molecule has 2 heterocycles. The molecule has 0 spiro atoms. The highest BCUT2D eigenvalue weighted by molar-refractivity contribution is 5.60. The van der Waals surface area contributed by atoms with Crippen LogP contribution < -0.4 is 16.0 Å². The number of nitrogens with one attached hydrogen (secondary N) is 3. The SMILES string of the molecule is CNc1cccc(-c2nc(NCC(F)(F)F)nc(Nc3cc(C)cc(F)c3)n2)n1. The quantitative estimate of drug-likeness (QED) is 0.530. The van der Waals surface area contributed by atoms with Crippen LogP contribution in [0.2, 0.25) is 0 Å². The standard InChI is InChI=1S/C18H17F4N7/c1-10-6-11(19)8-12(7-10)25-17-28-15(13-4-3-5-14(23-2)26-13)27-16(29-17)24-9-18(20,21)22/h3-8H,9H2,1-2H3,(H,23,26)(H2,24,25,27,28,29). The number of aromatic nitrogens is 4. The van der Waals surface area contributed by atoms with Crippen LogP contribution in [0, 0.1) is 12.7 Å². The van der Waals surface area contributed by atoms with Crippen LogP contribution in [0.15, 0.2) is 36.4 Å². The van der Waals surface area contributed by atoms with Crippen molar-refractivity contribution in [2.75, 3.05) is 29.5 Å². The molecule has 7 nitrogen and oxygen atoms in total. The van der Waals surface area contributed by atoms with Crippen LogP contribution in [0.5, 0.6) is 0 Å². The number of rotatable bonds is 6. The normalized spacial score (nSPS) is 11.2. The van der Waals surface area contributed by atoms with Crippen LogP contribution in [0.3, 0.4) is 0 Å². The number of alkyl halides is 3. The fourth-order valence-corrected chi connectivity index (χ4v) is 2.44. The van der Waals surface area contributed by atoms with E-state index < -0.39 is 18.5 Å². The third-order valence-electron chi connectivity index (χ3n) is 3.61. The van der Waals surface area contributed by atoms with Crippen molar-refractivity contribution in [3.8, 4) is 11.5 Å². The Morgan fingerprint density at radius 2 is 1.72 bits per heavy atom. The van der Waals surface area contributed by atoms with E-state index in [0.717, 1.165) is 0 Å². The topological polar surface area (TPSA) is 87.7 Å². The zero-order chi connectivity index (χ0) is 21.0. The third-order valence-corrected chi connectivity index (χ3v) is 3.61. The van der Waals surface area contributed by atoms with E-state index in [1.54, 1.807) is 38.2 Å². The Kier molecular flexibility index (Phi) is 5.76. The highest BCUT2D eigenvalue weighted by atomic mass is 19.4. The second-order valence-electron chi connectivity index (χ2n) is 6.08. The lowest BCUT2D eigenvalue weighted by molar-refractivity contribution is -0.115. The Morgan fingerprint density at radius 1 is 0.966 bits per heavy atom. The molecule has 3 rings (SSSR count). The van der Waals surface area contributed by atoms with Gasteiger partial charge in [0.2, 0.25) is 11.9 Å². The van der Waals surface area contributed by atoms with E-state index >= 15 is 0 Å². The Morgan fingerprint density at radius 3 is 2.41 bits per heavy atom. The van der Waals surface area contributed by atoms with Gasteiger partial charge in [0.15, 0.2) is 5.82 Å². The van der Waals surface area contributed by atoms with Gasteiger partial charge in [0.1, 0.15) is 23.9 Å². The number of benzene rings is 1. The predicted molar refractivity (Wildman–Crippen MR) is 102 cm³/mol. The van der Waals surface area contributed by atoms with Gasteiger partial charge in [-0.25, -0.2) is 9.37 Å². The molecule has 29 heavy (non-hydrogen) atoms. The first-order chi connectivity index (χ1) is 13.7. The van der Waals surface area contributed by atoms with Crippen molar-refractivity contribution in [2.24, 2.45) is 0 Å². The highest BCUT2D eigenvalue weighted by Gasteiger charge is 2.27. The molecule has 152 valence electrons. The van der Waals surface area contributed by atoms with Crippen molar-refractivity contribution in [1.29, 1.82) is 0 Å². The maximum absolute atomic E-state index is 13.6. The molecule has 3 N–H and O–H groups in total. The third kappa shape index (κ3) is 5.74.